The van der Waals surface area contributed by atoms with Crippen molar-refractivity contribution in [3.8, 4) is 5.75 Å². The number of anilines is 1. The first-order chi connectivity index (χ1) is 13.1. The number of ether oxygens (including phenoxy) is 1. The summed E-state index contributed by atoms with van der Waals surface area (Å²) in [5, 5.41) is 5.53. The van der Waals surface area contributed by atoms with Gasteiger partial charge in [-0.1, -0.05) is 28.1 Å². The molecule has 0 aliphatic rings. The molecule has 2 amide bonds. The summed E-state index contributed by atoms with van der Waals surface area (Å²) in [4.78, 5) is 23.9. The first-order valence-electron chi connectivity index (χ1n) is 8.19. The van der Waals surface area contributed by atoms with Crippen LogP contribution < -0.4 is 15.4 Å². The molecule has 0 radical (unpaired) electrons. The third-order valence-corrected chi connectivity index (χ3v) is 4.13. The fraction of sp³-hybridized carbons (Fsp3) is 0.100. The van der Waals surface area contributed by atoms with Crippen LogP contribution in [0.3, 0.4) is 0 Å². The molecule has 138 valence electrons. The Kier molecular flexibility index (Phi) is 6.27. The molecular weight excluding hydrogens is 412 g/mol. The van der Waals surface area contributed by atoms with Gasteiger partial charge in [0, 0.05) is 16.7 Å². The van der Waals surface area contributed by atoms with Gasteiger partial charge >= 0.3 is 0 Å². The molecule has 0 unspecified atom stereocenters. The minimum Gasteiger partial charge on any atom is -0.484 e. The van der Waals surface area contributed by atoms with Gasteiger partial charge in [-0.25, -0.2) is 0 Å². The van der Waals surface area contributed by atoms with Crippen LogP contribution in [-0.2, 0) is 11.3 Å². The molecule has 0 saturated heterocycles. The molecule has 6 nitrogen and oxygen atoms in total. The number of hydrogen-bond donors (Lipinski definition) is 2. The third-order valence-electron chi connectivity index (χ3n) is 3.60. The van der Waals surface area contributed by atoms with E-state index >= 15 is 0 Å². The monoisotopic (exact) mass is 428 g/mol. The number of halogens is 1. The largest absolute Gasteiger partial charge is 0.484 e. The van der Waals surface area contributed by atoms with Crippen molar-refractivity contribution in [2.24, 2.45) is 0 Å². The first-order valence-corrected chi connectivity index (χ1v) is 8.98. The van der Waals surface area contributed by atoms with Gasteiger partial charge in [0.15, 0.2) is 12.4 Å². The predicted molar refractivity (Wildman–Crippen MR) is 105 cm³/mol. The maximum atomic E-state index is 12.0. The normalized spacial score (nSPS) is 10.3. The second-order valence-electron chi connectivity index (χ2n) is 5.65. The zero-order valence-electron chi connectivity index (χ0n) is 14.3. The predicted octanol–water partition coefficient (Wildman–Crippen LogP) is 3.99. The van der Waals surface area contributed by atoms with E-state index in [0.717, 1.165) is 10.0 Å². The summed E-state index contributed by atoms with van der Waals surface area (Å²) in [5.74, 6) is 0.293. The van der Waals surface area contributed by atoms with E-state index in [9.17, 15) is 9.59 Å². The summed E-state index contributed by atoms with van der Waals surface area (Å²) in [6, 6.07) is 17.7. The number of nitrogens with one attached hydrogen (secondary N) is 2. The van der Waals surface area contributed by atoms with E-state index in [1.165, 1.54) is 6.26 Å². The lowest BCUT2D eigenvalue weighted by Gasteiger charge is -2.09. The molecule has 0 atom stereocenters. The van der Waals surface area contributed by atoms with E-state index < -0.39 is 0 Å². The maximum absolute atomic E-state index is 12.0. The van der Waals surface area contributed by atoms with Crippen LogP contribution in [0.4, 0.5) is 5.69 Å². The average Bonchev–Trinajstić information content (AvgIpc) is 3.21. The van der Waals surface area contributed by atoms with Gasteiger partial charge in [-0.3, -0.25) is 9.59 Å². The maximum Gasteiger partial charge on any atom is 0.291 e. The van der Waals surface area contributed by atoms with Crippen LogP contribution >= 0.6 is 15.9 Å². The Morgan fingerprint density at radius 3 is 2.59 bits per heavy atom. The van der Waals surface area contributed by atoms with E-state index in [4.69, 9.17) is 9.15 Å². The molecule has 0 bridgehead atoms. The molecule has 27 heavy (non-hydrogen) atoms. The molecule has 1 aromatic heterocycles. The molecule has 0 fully saturated rings. The minimum atomic E-state index is -0.330. The van der Waals surface area contributed by atoms with Crippen LogP contribution in [0.1, 0.15) is 16.1 Å². The fourth-order valence-electron chi connectivity index (χ4n) is 2.29. The summed E-state index contributed by atoms with van der Waals surface area (Å²) >= 11 is 3.34. The van der Waals surface area contributed by atoms with Crippen molar-refractivity contribution in [1.82, 2.24) is 5.32 Å². The highest BCUT2D eigenvalue weighted by atomic mass is 79.9. The first kappa shape index (κ1) is 18.7. The highest BCUT2D eigenvalue weighted by Gasteiger charge is 2.09. The van der Waals surface area contributed by atoms with E-state index in [0.29, 0.717) is 18.0 Å². The molecule has 2 aromatic carbocycles. The molecule has 2 N–H and O–H groups in total. The number of carbonyl (C=O) groups excluding carboxylic acids is 2. The summed E-state index contributed by atoms with van der Waals surface area (Å²) in [5.41, 5.74) is 1.47. The van der Waals surface area contributed by atoms with Gasteiger partial charge in [-0.05, 0) is 54.1 Å². The Morgan fingerprint density at radius 1 is 1.04 bits per heavy atom. The summed E-state index contributed by atoms with van der Waals surface area (Å²) in [7, 11) is 0. The number of amides is 2. The van der Waals surface area contributed by atoms with Crippen LogP contribution in [-0.4, -0.2) is 18.4 Å². The lowest BCUT2D eigenvalue weighted by atomic mass is 10.2. The minimum absolute atomic E-state index is 0.0729. The average molecular weight is 429 g/mol. The Balaban J connectivity index is 1.48. The Morgan fingerprint density at radius 2 is 1.85 bits per heavy atom. The van der Waals surface area contributed by atoms with Gasteiger partial charge in [-0.2, -0.15) is 0 Å². The van der Waals surface area contributed by atoms with E-state index in [-0.39, 0.29) is 24.2 Å². The lowest BCUT2D eigenvalue weighted by Crippen LogP contribution is -2.28. The second kappa shape index (κ2) is 9.05. The molecule has 7 heteroatoms. The quantitative estimate of drug-likeness (QED) is 0.595. The van der Waals surface area contributed by atoms with E-state index in [2.05, 4.69) is 26.6 Å². The molecule has 0 aliphatic carbocycles. The number of furan rings is 1. The number of hydrogen-bond acceptors (Lipinski definition) is 4. The molecule has 0 spiro atoms. The van der Waals surface area contributed by atoms with Gasteiger partial charge in [0.2, 0.25) is 0 Å². The van der Waals surface area contributed by atoms with Crippen LogP contribution in [0.15, 0.2) is 75.8 Å². The standard InChI is InChI=1S/C20H17BrN2O4/c21-15-6-8-17(9-7-15)27-13-19(24)22-12-14-3-1-4-16(11-14)23-20(25)18-5-2-10-26-18/h1-11H,12-13H2,(H,22,24)(H,23,25). The van der Waals surface area contributed by atoms with Crippen LogP contribution in [0.25, 0.3) is 0 Å². The van der Waals surface area contributed by atoms with Crippen LogP contribution in [0, 0.1) is 0 Å². The van der Waals surface area contributed by atoms with Gasteiger partial charge in [0.25, 0.3) is 11.8 Å². The summed E-state index contributed by atoms with van der Waals surface area (Å²) in [6.45, 7) is 0.254. The highest BCUT2D eigenvalue weighted by molar-refractivity contribution is 9.10. The third kappa shape index (κ3) is 5.72. The van der Waals surface area contributed by atoms with Crippen molar-refractivity contribution >= 4 is 33.4 Å². The van der Waals surface area contributed by atoms with Crippen molar-refractivity contribution in [2.45, 2.75) is 6.54 Å². The van der Waals surface area contributed by atoms with Crippen molar-refractivity contribution in [3.63, 3.8) is 0 Å². The molecule has 0 saturated carbocycles. The van der Waals surface area contributed by atoms with Gasteiger partial charge in [-0.15, -0.1) is 0 Å². The van der Waals surface area contributed by atoms with E-state index in [1.807, 2.05) is 18.2 Å². The van der Waals surface area contributed by atoms with Crippen LogP contribution in [0.2, 0.25) is 0 Å². The second-order valence-corrected chi connectivity index (χ2v) is 6.57. The summed E-state index contributed by atoms with van der Waals surface area (Å²) < 4.78 is 11.4. The Hall–Kier alpha value is -3.06. The molecule has 1 heterocycles. The van der Waals surface area contributed by atoms with Gasteiger partial charge in [0.1, 0.15) is 5.75 Å². The Labute approximate surface area is 164 Å². The fourth-order valence-corrected chi connectivity index (χ4v) is 2.56. The molecular formula is C20H17BrN2O4. The topological polar surface area (TPSA) is 80.6 Å². The summed E-state index contributed by atoms with van der Waals surface area (Å²) in [6.07, 6.45) is 1.44. The van der Waals surface area contributed by atoms with Gasteiger partial charge < -0.3 is 19.8 Å². The Bertz CT molecular complexity index is 908. The van der Waals surface area contributed by atoms with Gasteiger partial charge in [0.05, 0.1) is 6.26 Å². The number of benzene rings is 2. The van der Waals surface area contributed by atoms with Crippen molar-refractivity contribution in [1.29, 1.82) is 0 Å². The smallest absolute Gasteiger partial charge is 0.291 e. The van der Waals surface area contributed by atoms with Crippen molar-refractivity contribution in [2.75, 3.05) is 11.9 Å². The van der Waals surface area contributed by atoms with E-state index in [1.54, 1.807) is 42.5 Å². The van der Waals surface area contributed by atoms with Crippen molar-refractivity contribution in [3.05, 3.63) is 82.7 Å². The lowest BCUT2D eigenvalue weighted by molar-refractivity contribution is -0.123. The molecule has 3 aromatic rings. The zero-order chi connectivity index (χ0) is 19.1. The number of carbonyl (C=O) groups is 2. The zero-order valence-corrected chi connectivity index (χ0v) is 15.9. The van der Waals surface area contributed by atoms with Crippen molar-refractivity contribution < 1.29 is 18.7 Å². The molecule has 3 rings (SSSR count). The number of rotatable bonds is 7. The van der Waals surface area contributed by atoms with Crippen LogP contribution in [0.5, 0.6) is 5.75 Å². The SMILES string of the molecule is O=C(COc1ccc(Br)cc1)NCc1cccc(NC(=O)c2ccco2)c1. The highest BCUT2D eigenvalue weighted by Crippen LogP contribution is 2.16. The molecule has 0 aliphatic heterocycles.